The van der Waals surface area contributed by atoms with Crippen LogP contribution in [0.15, 0.2) is 53.7 Å². The molecular formula is C21H17F2N2O5-. The number of urea groups is 1. The number of nitrogens with one attached hydrogen (secondary N) is 1. The monoisotopic (exact) mass is 415 g/mol. The third-order valence-electron chi connectivity index (χ3n) is 4.59. The molecule has 1 heterocycles. The highest BCUT2D eigenvalue weighted by atomic mass is 19.1. The van der Waals surface area contributed by atoms with E-state index in [1.165, 1.54) is 31.2 Å². The van der Waals surface area contributed by atoms with Crippen LogP contribution in [0.5, 0.6) is 0 Å². The van der Waals surface area contributed by atoms with Crippen LogP contribution in [0.3, 0.4) is 0 Å². The Labute approximate surface area is 170 Å². The summed E-state index contributed by atoms with van der Waals surface area (Å²) >= 11 is 0. The van der Waals surface area contributed by atoms with Crippen LogP contribution >= 0.6 is 0 Å². The smallest absolute Gasteiger partial charge is 0.338 e. The Kier molecular flexibility index (Phi) is 5.81. The van der Waals surface area contributed by atoms with Gasteiger partial charge in [0.15, 0.2) is 0 Å². The van der Waals surface area contributed by atoms with Gasteiger partial charge < -0.3 is 20.0 Å². The van der Waals surface area contributed by atoms with Crippen molar-refractivity contribution in [1.29, 1.82) is 0 Å². The summed E-state index contributed by atoms with van der Waals surface area (Å²) < 4.78 is 32.8. The quantitative estimate of drug-likeness (QED) is 0.757. The molecule has 2 aromatic carbocycles. The molecule has 1 aliphatic heterocycles. The lowest BCUT2D eigenvalue weighted by Crippen LogP contribution is -2.48. The van der Waals surface area contributed by atoms with Gasteiger partial charge in [-0.1, -0.05) is 18.2 Å². The van der Waals surface area contributed by atoms with Gasteiger partial charge in [-0.3, -0.25) is 4.90 Å². The Bertz CT molecular complexity index is 1070. The molecule has 7 nitrogen and oxygen atoms in total. The number of nitrogens with zero attached hydrogens (tertiary/aromatic N) is 1. The first-order valence-corrected chi connectivity index (χ1v) is 8.99. The fraction of sp³-hybridized carbons (Fsp3) is 0.190. The number of allylic oxidation sites excluding steroid dienone is 1. The molecule has 1 atom stereocenters. The summed E-state index contributed by atoms with van der Waals surface area (Å²) in [5.41, 5.74) is -0.0819. The minimum Gasteiger partial charge on any atom is -0.545 e. The first-order chi connectivity index (χ1) is 14.2. The number of carboxylic acid groups (broad SMARTS) is 1. The molecule has 1 N–H and O–H groups in total. The normalized spacial score (nSPS) is 16.3. The van der Waals surface area contributed by atoms with Crippen molar-refractivity contribution >= 4 is 23.7 Å². The van der Waals surface area contributed by atoms with E-state index in [1.807, 2.05) is 0 Å². The topological polar surface area (TPSA) is 98.8 Å². The van der Waals surface area contributed by atoms with Crippen molar-refractivity contribution in [3.63, 3.8) is 0 Å². The molecule has 0 bridgehead atoms. The zero-order valence-corrected chi connectivity index (χ0v) is 16.1. The lowest BCUT2D eigenvalue weighted by molar-refractivity contribution is -0.255. The van der Waals surface area contributed by atoms with E-state index in [9.17, 15) is 28.3 Å². The average Bonchev–Trinajstić information content (AvgIpc) is 2.68. The van der Waals surface area contributed by atoms with Crippen LogP contribution in [0.4, 0.5) is 19.3 Å². The Balaban J connectivity index is 2.17. The molecule has 0 radical (unpaired) electrons. The largest absolute Gasteiger partial charge is 0.545 e. The van der Waals surface area contributed by atoms with Crippen LogP contribution in [-0.2, 0) is 9.53 Å². The number of halogens is 2. The number of carboxylic acids is 1. The molecule has 2 aromatic rings. The molecule has 156 valence electrons. The lowest BCUT2D eigenvalue weighted by atomic mass is 9.94. The predicted molar refractivity (Wildman–Crippen MR) is 100 cm³/mol. The van der Waals surface area contributed by atoms with Gasteiger partial charge in [-0.05, 0) is 37.6 Å². The molecule has 1 aliphatic rings. The second kappa shape index (κ2) is 8.32. The number of carbonyl (C=O) groups is 3. The van der Waals surface area contributed by atoms with Crippen molar-refractivity contribution < 1.29 is 33.0 Å². The highest BCUT2D eigenvalue weighted by Crippen LogP contribution is 2.35. The fourth-order valence-corrected chi connectivity index (χ4v) is 3.27. The minimum atomic E-state index is -1.44. The van der Waals surface area contributed by atoms with Crippen molar-refractivity contribution in [2.75, 3.05) is 11.5 Å². The van der Waals surface area contributed by atoms with Gasteiger partial charge in [0.05, 0.1) is 29.9 Å². The maximum absolute atomic E-state index is 14.4. The lowest BCUT2D eigenvalue weighted by Gasteiger charge is -2.35. The Morgan fingerprint density at radius 3 is 2.57 bits per heavy atom. The highest BCUT2D eigenvalue weighted by molar-refractivity contribution is 6.03. The van der Waals surface area contributed by atoms with E-state index in [4.69, 9.17) is 4.74 Å². The van der Waals surface area contributed by atoms with Gasteiger partial charge in [-0.15, -0.1) is 0 Å². The molecule has 0 spiro atoms. The van der Waals surface area contributed by atoms with Gasteiger partial charge >= 0.3 is 12.0 Å². The van der Waals surface area contributed by atoms with Gasteiger partial charge in [0.1, 0.15) is 11.6 Å². The summed E-state index contributed by atoms with van der Waals surface area (Å²) in [5, 5.41) is 13.7. The van der Waals surface area contributed by atoms with Crippen LogP contribution < -0.4 is 15.3 Å². The van der Waals surface area contributed by atoms with Crippen LogP contribution in [0.25, 0.3) is 0 Å². The zero-order chi connectivity index (χ0) is 22.0. The second-order valence-electron chi connectivity index (χ2n) is 6.44. The van der Waals surface area contributed by atoms with Crippen LogP contribution in [0.1, 0.15) is 35.8 Å². The number of carbonyl (C=O) groups excluding carboxylic acids is 3. The van der Waals surface area contributed by atoms with E-state index < -0.39 is 35.6 Å². The van der Waals surface area contributed by atoms with Crippen molar-refractivity contribution in [1.82, 2.24) is 5.32 Å². The number of esters is 1. The highest BCUT2D eigenvalue weighted by Gasteiger charge is 2.38. The number of hydrogen-bond donors (Lipinski definition) is 1. The number of amides is 2. The van der Waals surface area contributed by atoms with Gasteiger partial charge in [-0.2, -0.15) is 0 Å². The third-order valence-corrected chi connectivity index (χ3v) is 4.59. The molecule has 0 aliphatic carbocycles. The Morgan fingerprint density at radius 1 is 1.20 bits per heavy atom. The number of anilines is 1. The first kappa shape index (κ1) is 21.0. The van der Waals surface area contributed by atoms with Gasteiger partial charge in [-0.25, -0.2) is 18.4 Å². The molecule has 2 amide bonds. The van der Waals surface area contributed by atoms with E-state index in [-0.39, 0.29) is 34.7 Å². The summed E-state index contributed by atoms with van der Waals surface area (Å²) in [7, 11) is 0. The fourth-order valence-electron chi connectivity index (χ4n) is 3.27. The molecular weight excluding hydrogens is 398 g/mol. The molecule has 0 unspecified atom stereocenters. The number of hydrogen-bond acceptors (Lipinski definition) is 5. The van der Waals surface area contributed by atoms with Gasteiger partial charge in [0.25, 0.3) is 0 Å². The van der Waals surface area contributed by atoms with E-state index in [0.717, 1.165) is 17.0 Å². The van der Waals surface area contributed by atoms with Gasteiger partial charge in [0, 0.05) is 17.3 Å². The first-order valence-electron chi connectivity index (χ1n) is 8.99. The molecule has 0 saturated carbocycles. The van der Waals surface area contributed by atoms with Crippen molar-refractivity contribution in [2.45, 2.75) is 19.9 Å². The minimum absolute atomic E-state index is 0.0301. The number of ether oxygens (including phenoxy) is 1. The molecule has 9 heteroatoms. The van der Waals surface area contributed by atoms with E-state index in [0.29, 0.717) is 6.07 Å². The molecule has 0 saturated heterocycles. The number of benzene rings is 2. The Morgan fingerprint density at radius 2 is 1.93 bits per heavy atom. The van der Waals surface area contributed by atoms with Gasteiger partial charge in [0.2, 0.25) is 0 Å². The summed E-state index contributed by atoms with van der Waals surface area (Å²) in [6.45, 7) is 3.07. The summed E-state index contributed by atoms with van der Waals surface area (Å²) in [6, 6.07) is 6.22. The summed E-state index contributed by atoms with van der Waals surface area (Å²) in [5.74, 6) is -3.99. The van der Waals surface area contributed by atoms with Crippen LogP contribution in [-0.4, -0.2) is 24.6 Å². The third kappa shape index (κ3) is 3.86. The van der Waals surface area contributed by atoms with Crippen LogP contribution in [0, 0.1) is 11.6 Å². The second-order valence-corrected chi connectivity index (χ2v) is 6.44. The molecule has 0 fully saturated rings. The van der Waals surface area contributed by atoms with Crippen molar-refractivity contribution in [3.05, 3.63) is 76.5 Å². The van der Waals surface area contributed by atoms with Crippen LogP contribution in [0.2, 0.25) is 0 Å². The zero-order valence-electron chi connectivity index (χ0n) is 16.1. The van der Waals surface area contributed by atoms with E-state index in [1.54, 1.807) is 6.92 Å². The van der Waals surface area contributed by atoms with Crippen molar-refractivity contribution in [3.8, 4) is 0 Å². The number of rotatable bonds is 5. The average molecular weight is 415 g/mol. The Hall–Kier alpha value is -3.75. The molecule has 0 aromatic heterocycles. The van der Waals surface area contributed by atoms with Crippen molar-refractivity contribution in [2.24, 2.45) is 0 Å². The summed E-state index contributed by atoms with van der Waals surface area (Å²) in [6.07, 6.45) is 0. The van der Waals surface area contributed by atoms with E-state index in [2.05, 4.69) is 5.32 Å². The summed E-state index contributed by atoms with van der Waals surface area (Å²) in [4.78, 5) is 37.8. The van der Waals surface area contributed by atoms with E-state index >= 15 is 0 Å². The molecule has 30 heavy (non-hydrogen) atoms. The SMILES string of the molecule is CCOC(=O)C1=C(C)N(c2cccc(C(=O)[O-])c2)C(=O)N[C@@H]1c1ccc(F)cc1F. The maximum Gasteiger partial charge on any atom is 0.338 e. The number of aromatic carboxylic acids is 1. The predicted octanol–water partition coefficient (Wildman–Crippen LogP) is 2.44. The maximum atomic E-state index is 14.4. The standard InChI is InChI=1S/C21H18F2N2O5/c1-3-30-20(28)17-11(2)25(14-6-4-5-12(9-14)19(26)27)21(29)24-18(17)15-8-7-13(22)10-16(15)23/h4-10,18H,3H2,1-2H3,(H,24,29)(H,26,27)/p-1/t18-/m1/s1. The molecule has 3 rings (SSSR count).